The number of carboxylic acid groups (broad SMARTS) is 1. The normalized spacial score (nSPS) is 10.0. The molecule has 0 saturated carbocycles. The molecule has 6 nitrogen and oxygen atoms in total. The Morgan fingerprint density at radius 1 is 0.957 bits per heavy atom. The SMILES string of the molecule is COc1ccc(C(=O)NCc2ccc(C(=O)[O-])cc2)cc1OC. The number of hydrogen-bond acceptors (Lipinski definition) is 5. The lowest BCUT2D eigenvalue weighted by Gasteiger charge is -2.10. The van der Waals surface area contributed by atoms with Gasteiger partial charge in [0, 0.05) is 12.1 Å². The van der Waals surface area contributed by atoms with Crippen LogP contribution in [0.1, 0.15) is 26.3 Å². The Morgan fingerprint density at radius 2 is 1.57 bits per heavy atom. The molecular formula is C17H16NO5-. The third-order valence-corrected chi connectivity index (χ3v) is 3.29. The summed E-state index contributed by atoms with van der Waals surface area (Å²) >= 11 is 0. The zero-order valence-corrected chi connectivity index (χ0v) is 12.8. The Kier molecular flexibility index (Phi) is 5.19. The van der Waals surface area contributed by atoms with Crippen LogP contribution in [0.25, 0.3) is 0 Å². The first-order chi connectivity index (χ1) is 11.0. The molecule has 1 N–H and O–H groups in total. The summed E-state index contributed by atoms with van der Waals surface area (Å²) in [7, 11) is 3.02. The van der Waals surface area contributed by atoms with Gasteiger partial charge in [0.1, 0.15) is 0 Å². The Labute approximate surface area is 133 Å². The van der Waals surface area contributed by atoms with E-state index in [1.165, 1.54) is 26.4 Å². The van der Waals surface area contributed by atoms with Crippen molar-refractivity contribution in [1.29, 1.82) is 0 Å². The van der Waals surface area contributed by atoms with Crippen LogP contribution >= 0.6 is 0 Å². The molecule has 6 heteroatoms. The Hall–Kier alpha value is -3.02. The molecule has 1 amide bonds. The van der Waals surface area contributed by atoms with Gasteiger partial charge in [-0.2, -0.15) is 0 Å². The molecular weight excluding hydrogens is 298 g/mol. The van der Waals surface area contributed by atoms with E-state index in [1.54, 1.807) is 30.3 Å². The molecule has 0 spiro atoms. The molecule has 23 heavy (non-hydrogen) atoms. The van der Waals surface area contributed by atoms with E-state index in [1.807, 2.05) is 0 Å². The van der Waals surface area contributed by atoms with Crippen LogP contribution in [0.5, 0.6) is 11.5 Å². The fourth-order valence-corrected chi connectivity index (χ4v) is 2.02. The van der Waals surface area contributed by atoms with Crippen LogP contribution in [0, 0.1) is 0 Å². The Morgan fingerprint density at radius 3 is 2.13 bits per heavy atom. The molecule has 0 unspecified atom stereocenters. The van der Waals surface area contributed by atoms with Gasteiger partial charge in [-0.05, 0) is 29.3 Å². The fraction of sp³-hybridized carbons (Fsp3) is 0.176. The van der Waals surface area contributed by atoms with E-state index >= 15 is 0 Å². The number of rotatable bonds is 6. The van der Waals surface area contributed by atoms with Crippen molar-refractivity contribution >= 4 is 11.9 Å². The van der Waals surface area contributed by atoms with Gasteiger partial charge in [-0.3, -0.25) is 4.79 Å². The van der Waals surface area contributed by atoms with E-state index in [9.17, 15) is 14.7 Å². The molecule has 0 saturated heterocycles. The van der Waals surface area contributed by atoms with Gasteiger partial charge in [0.2, 0.25) is 0 Å². The number of hydrogen-bond donors (Lipinski definition) is 1. The standard InChI is InChI=1S/C17H17NO5/c1-22-14-8-7-13(9-15(14)23-2)16(19)18-10-11-3-5-12(6-4-11)17(20)21/h3-9H,10H2,1-2H3,(H,18,19)(H,20,21)/p-1. The predicted molar refractivity (Wildman–Crippen MR) is 81.5 cm³/mol. The average molecular weight is 314 g/mol. The smallest absolute Gasteiger partial charge is 0.251 e. The van der Waals surface area contributed by atoms with E-state index in [-0.39, 0.29) is 18.0 Å². The van der Waals surface area contributed by atoms with Gasteiger partial charge in [0.15, 0.2) is 11.5 Å². The van der Waals surface area contributed by atoms with Crippen LogP contribution < -0.4 is 19.9 Å². The number of methoxy groups -OCH3 is 2. The monoisotopic (exact) mass is 314 g/mol. The van der Waals surface area contributed by atoms with E-state index < -0.39 is 5.97 Å². The van der Waals surface area contributed by atoms with Crippen molar-refractivity contribution in [3.05, 3.63) is 59.2 Å². The van der Waals surface area contributed by atoms with Gasteiger partial charge in [-0.15, -0.1) is 0 Å². The summed E-state index contributed by atoms with van der Waals surface area (Å²) in [5.41, 5.74) is 1.32. The lowest BCUT2D eigenvalue weighted by Crippen LogP contribution is -2.23. The number of ether oxygens (including phenoxy) is 2. The summed E-state index contributed by atoms with van der Waals surface area (Å²) < 4.78 is 10.3. The summed E-state index contributed by atoms with van der Waals surface area (Å²) in [4.78, 5) is 22.8. The van der Waals surface area contributed by atoms with Crippen molar-refractivity contribution in [2.45, 2.75) is 6.54 Å². The number of carboxylic acids is 1. The number of carbonyl (C=O) groups excluding carboxylic acids is 2. The molecule has 120 valence electrons. The number of aromatic carboxylic acids is 1. The number of benzene rings is 2. The second-order valence-electron chi connectivity index (χ2n) is 4.74. The van der Waals surface area contributed by atoms with Crippen molar-refractivity contribution in [3.63, 3.8) is 0 Å². The van der Waals surface area contributed by atoms with Crippen LogP contribution in [-0.4, -0.2) is 26.1 Å². The summed E-state index contributed by atoms with van der Waals surface area (Å²) in [6, 6.07) is 11.0. The summed E-state index contributed by atoms with van der Waals surface area (Å²) in [6.07, 6.45) is 0. The van der Waals surface area contributed by atoms with Crippen molar-refractivity contribution < 1.29 is 24.2 Å². The second-order valence-corrected chi connectivity index (χ2v) is 4.74. The maximum Gasteiger partial charge on any atom is 0.251 e. The van der Waals surface area contributed by atoms with Crippen LogP contribution in [0.2, 0.25) is 0 Å². The van der Waals surface area contributed by atoms with Crippen molar-refractivity contribution in [3.8, 4) is 11.5 Å². The predicted octanol–water partition coefficient (Wildman–Crippen LogP) is 0.997. The third kappa shape index (κ3) is 4.00. The largest absolute Gasteiger partial charge is 0.545 e. The number of nitrogens with one attached hydrogen (secondary N) is 1. The molecule has 0 aromatic heterocycles. The Bertz CT molecular complexity index is 709. The first-order valence-electron chi connectivity index (χ1n) is 6.85. The van der Waals surface area contributed by atoms with Crippen LogP contribution in [0.3, 0.4) is 0 Å². The fourth-order valence-electron chi connectivity index (χ4n) is 2.02. The van der Waals surface area contributed by atoms with E-state index in [0.717, 1.165) is 5.56 Å². The summed E-state index contributed by atoms with van der Waals surface area (Å²) in [5, 5.41) is 13.4. The molecule has 2 rings (SSSR count). The summed E-state index contributed by atoms with van der Waals surface area (Å²) in [6.45, 7) is 0.278. The van der Waals surface area contributed by atoms with E-state index in [0.29, 0.717) is 17.1 Å². The highest BCUT2D eigenvalue weighted by molar-refractivity contribution is 5.94. The summed E-state index contributed by atoms with van der Waals surface area (Å²) in [5.74, 6) is -0.485. The first-order valence-corrected chi connectivity index (χ1v) is 6.85. The minimum absolute atomic E-state index is 0.0972. The number of amides is 1. The van der Waals surface area contributed by atoms with E-state index in [2.05, 4.69) is 5.32 Å². The highest BCUT2D eigenvalue weighted by Crippen LogP contribution is 2.27. The van der Waals surface area contributed by atoms with Gasteiger partial charge < -0.3 is 24.7 Å². The Balaban J connectivity index is 2.03. The maximum atomic E-state index is 12.1. The van der Waals surface area contributed by atoms with Gasteiger partial charge in [0.05, 0.1) is 20.2 Å². The van der Waals surface area contributed by atoms with Gasteiger partial charge in [0.25, 0.3) is 5.91 Å². The topological polar surface area (TPSA) is 87.7 Å². The third-order valence-electron chi connectivity index (χ3n) is 3.29. The molecule has 2 aromatic carbocycles. The maximum absolute atomic E-state index is 12.1. The molecule has 0 atom stereocenters. The lowest BCUT2D eigenvalue weighted by atomic mass is 10.1. The minimum Gasteiger partial charge on any atom is -0.545 e. The quantitative estimate of drug-likeness (QED) is 0.859. The number of carbonyl (C=O) groups is 2. The van der Waals surface area contributed by atoms with Crippen LogP contribution in [0.4, 0.5) is 0 Å². The average Bonchev–Trinajstić information content (AvgIpc) is 2.59. The van der Waals surface area contributed by atoms with Crippen LogP contribution in [-0.2, 0) is 6.54 Å². The van der Waals surface area contributed by atoms with Crippen molar-refractivity contribution in [2.24, 2.45) is 0 Å². The van der Waals surface area contributed by atoms with Gasteiger partial charge in [-0.1, -0.05) is 24.3 Å². The van der Waals surface area contributed by atoms with Gasteiger partial charge in [-0.25, -0.2) is 0 Å². The zero-order valence-electron chi connectivity index (χ0n) is 12.8. The highest BCUT2D eigenvalue weighted by atomic mass is 16.5. The second kappa shape index (κ2) is 7.31. The molecule has 0 aliphatic carbocycles. The highest BCUT2D eigenvalue weighted by Gasteiger charge is 2.10. The molecule has 0 bridgehead atoms. The molecule has 0 radical (unpaired) electrons. The van der Waals surface area contributed by atoms with Crippen LogP contribution in [0.15, 0.2) is 42.5 Å². The lowest BCUT2D eigenvalue weighted by molar-refractivity contribution is -0.255. The van der Waals surface area contributed by atoms with E-state index in [4.69, 9.17) is 9.47 Å². The molecule has 0 fully saturated rings. The van der Waals surface area contributed by atoms with Crippen molar-refractivity contribution in [2.75, 3.05) is 14.2 Å². The zero-order chi connectivity index (χ0) is 16.8. The minimum atomic E-state index is -1.23. The van der Waals surface area contributed by atoms with Gasteiger partial charge >= 0.3 is 0 Å². The molecule has 0 heterocycles. The molecule has 0 aliphatic rings. The molecule has 2 aromatic rings. The van der Waals surface area contributed by atoms with Crippen molar-refractivity contribution in [1.82, 2.24) is 5.32 Å². The molecule has 0 aliphatic heterocycles. The first kappa shape index (κ1) is 16.4.